The average Bonchev–Trinajstić information content (AvgIpc) is 3.05. The number of thiophene rings is 1. The van der Waals surface area contributed by atoms with Crippen LogP contribution in [0, 0.1) is 11.3 Å². The minimum absolute atomic E-state index is 0.213. The van der Waals surface area contributed by atoms with Gasteiger partial charge in [0.25, 0.3) is 0 Å². The van der Waals surface area contributed by atoms with Gasteiger partial charge in [-0.3, -0.25) is 4.90 Å². The second-order valence-corrected chi connectivity index (χ2v) is 7.58. The molecule has 7 heteroatoms. The van der Waals surface area contributed by atoms with Crippen LogP contribution in [0.5, 0.6) is 0 Å². The number of rotatable bonds is 5. The average molecular weight is 299 g/mol. The van der Waals surface area contributed by atoms with Gasteiger partial charge in [0, 0.05) is 12.6 Å². The fourth-order valence-corrected chi connectivity index (χ4v) is 4.57. The molecule has 1 fully saturated rings. The summed E-state index contributed by atoms with van der Waals surface area (Å²) in [5.41, 5.74) is 0. The second kappa shape index (κ2) is 6.01. The fourth-order valence-electron chi connectivity index (χ4n) is 2.34. The Labute approximate surface area is 117 Å². The summed E-state index contributed by atoms with van der Waals surface area (Å²) in [6.07, 6.45) is 2.15. The number of hydrogen-bond donors (Lipinski definition) is 1. The summed E-state index contributed by atoms with van der Waals surface area (Å²) < 4.78 is 27.0. The van der Waals surface area contributed by atoms with E-state index in [2.05, 4.69) is 16.5 Å². The van der Waals surface area contributed by atoms with Crippen molar-refractivity contribution in [3.05, 3.63) is 17.0 Å². The van der Waals surface area contributed by atoms with Crippen molar-refractivity contribution in [1.82, 2.24) is 9.62 Å². The Morgan fingerprint density at radius 2 is 2.37 bits per heavy atom. The van der Waals surface area contributed by atoms with Gasteiger partial charge in [0.15, 0.2) is 0 Å². The summed E-state index contributed by atoms with van der Waals surface area (Å²) in [5.74, 6) is 0. The molecule has 1 atom stereocenters. The summed E-state index contributed by atoms with van der Waals surface area (Å²) >= 11 is 1.00. The molecule has 1 aromatic rings. The number of nitrogens with zero attached hydrogens (tertiary/aromatic N) is 2. The van der Waals surface area contributed by atoms with Crippen LogP contribution in [-0.2, 0) is 10.0 Å². The van der Waals surface area contributed by atoms with Gasteiger partial charge in [0.1, 0.15) is 15.2 Å². The topological polar surface area (TPSA) is 73.2 Å². The molecule has 1 aromatic heterocycles. The van der Waals surface area contributed by atoms with Gasteiger partial charge in [-0.05, 0) is 38.1 Å². The molecule has 1 aliphatic rings. The molecule has 1 N–H and O–H groups in total. The standard InChI is InChI=1S/C12H17N3O2S2/c1-2-15-7-3-4-10(15)9-14-19(16,17)12-6-5-11(8-13)18-12/h5-6,10,14H,2-4,7,9H2,1H3. The van der Waals surface area contributed by atoms with E-state index < -0.39 is 10.0 Å². The van der Waals surface area contributed by atoms with Crippen molar-refractivity contribution in [3.8, 4) is 6.07 Å². The molecule has 2 rings (SSSR count). The molecule has 0 aromatic carbocycles. The zero-order chi connectivity index (χ0) is 13.9. The van der Waals surface area contributed by atoms with Crippen LogP contribution >= 0.6 is 11.3 Å². The lowest BCUT2D eigenvalue weighted by Crippen LogP contribution is -2.39. The molecule has 1 unspecified atom stereocenters. The molecule has 104 valence electrons. The predicted octanol–water partition coefficient (Wildman–Crippen LogP) is 1.38. The number of likely N-dealkylation sites (tertiary alicyclic amines) is 1. The smallest absolute Gasteiger partial charge is 0.250 e. The molecule has 0 radical (unpaired) electrons. The third-order valence-corrected chi connectivity index (χ3v) is 6.28. The summed E-state index contributed by atoms with van der Waals surface area (Å²) in [6.45, 7) is 4.52. The van der Waals surface area contributed by atoms with Crippen molar-refractivity contribution in [2.75, 3.05) is 19.6 Å². The monoisotopic (exact) mass is 299 g/mol. The Kier molecular flexibility index (Phi) is 4.58. The molecule has 19 heavy (non-hydrogen) atoms. The van der Waals surface area contributed by atoms with E-state index >= 15 is 0 Å². The number of nitrogens with one attached hydrogen (secondary N) is 1. The van der Waals surface area contributed by atoms with Crippen molar-refractivity contribution in [1.29, 1.82) is 5.26 Å². The van der Waals surface area contributed by atoms with Crippen LogP contribution in [-0.4, -0.2) is 39.0 Å². The molecule has 0 aliphatic carbocycles. The van der Waals surface area contributed by atoms with Crippen LogP contribution in [0.1, 0.15) is 24.6 Å². The largest absolute Gasteiger partial charge is 0.299 e. The van der Waals surface area contributed by atoms with E-state index in [1.54, 1.807) is 0 Å². The summed E-state index contributed by atoms with van der Waals surface area (Å²) in [6, 6.07) is 5.26. The molecule has 1 aliphatic heterocycles. The molecule has 0 saturated carbocycles. The Bertz CT molecular complexity index is 574. The maximum atomic E-state index is 12.1. The maximum Gasteiger partial charge on any atom is 0.250 e. The van der Waals surface area contributed by atoms with Gasteiger partial charge < -0.3 is 0 Å². The first-order valence-corrected chi connectivity index (χ1v) is 8.60. The minimum atomic E-state index is -3.48. The van der Waals surface area contributed by atoms with Crippen molar-refractivity contribution in [2.24, 2.45) is 0 Å². The molecule has 0 spiro atoms. The molecule has 2 heterocycles. The van der Waals surface area contributed by atoms with Crippen molar-refractivity contribution in [3.63, 3.8) is 0 Å². The van der Waals surface area contributed by atoms with Gasteiger partial charge in [-0.15, -0.1) is 11.3 Å². The highest BCUT2D eigenvalue weighted by molar-refractivity contribution is 7.91. The van der Waals surface area contributed by atoms with Crippen LogP contribution in [0.4, 0.5) is 0 Å². The fraction of sp³-hybridized carbons (Fsp3) is 0.583. The number of sulfonamides is 1. The predicted molar refractivity (Wildman–Crippen MR) is 74.5 cm³/mol. The minimum Gasteiger partial charge on any atom is -0.299 e. The van der Waals surface area contributed by atoms with Gasteiger partial charge in [-0.1, -0.05) is 6.92 Å². The molecule has 1 saturated heterocycles. The van der Waals surface area contributed by atoms with E-state index in [0.717, 1.165) is 37.3 Å². The third-order valence-electron chi connectivity index (χ3n) is 3.37. The lowest BCUT2D eigenvalue weighted by molar-refractivity contribution is 0.268. The Morgan fingerprint density at radius 3 is 3.00 bits per heavy atom. The SMILES string of the molecule is CCN1CCCC1CNS(=O)(=O)c1ccc(C#N)s1. The summed E-state index contributed by atoms with van der Waals surface area (Å²) in [7, 11) is -3.48. The van der Waals surface area contributed by atoms with E-state index in [1.807, 2.05) is 6.07 Å². The van der Waals surface area contributed by atoms with Crippen LogP contribution in [0.15, 0.2) is 16.3 Å². The molecule has 0 bridgehead atoms. The molecule has 0 amide bonds. The first-order chi connectivity index (χ1) is 9.06. The number of nitriles is 1. The van der Waals surface area contributed by atoms with Gasteiger partial charge in [0.2, 0.25) is 10.0 Å². The van der Waals surface area contributed by atoms with Crippen LogP contribution in [0.25, 0.3) is 0 Å². The lowest BCUT2D eigenvalue weighted by Gasteiger charge is -2.22. The van der Waals surface area contributed by atoms with Gasteiger partial charge >= 0.3 is 0 Å². The Hall–Kier alpha value is -0.940. The Morgan fingerprint density at radius 1 is 1.58 bits per heavy atom. The van der Waals surface area contributed by atoms with Gasteiger partial charge in [0.05, 0.1) is 0 Å². The van der Waals surface area contributed by atoms with Crippen LogP contribution < -0.4 is 4.72 Å². The first-order valence-electron chi connectivity index (χ1n) is 6.30. The van der Waals surface area contributed by atoms with E-state index in [9.17, 15) is 8.42 Å². The highest BCUT2D eigenvalue weighted by atomic mass is 32.2. The van der Waals surface area contributed by atoms with Crippen molar-refractivity contribution >= 4 is 21.4 Å². The molecular weight excluding hydrogens is 282 g/mol. The van der Waals surface area contributed by atoms with Crippen LogP contribution in [0.3, 0.4) is 0 Å². The van der Waals surface area contributed by atoms with Crippen molar-refractivity contribution < 1.29 is 8.42 Å². The number of hydrogen-bond acceptors (Lipinski definition) is 5. The van der Waals surface area contributed by atoms with Gasteiger partial charge in [-0.25, -0.2) is 13.1 Å². The van der Waals surface area contributed by atoms with Crippen molar-refractivity contribution in [2.45, 2.75) is 30.0 Å². The first kappa shape index (κ1) is 14.5. The second-order valence-electron chi connectivity index (χ2n) is 4.51. The zero-order valence-electron chi connectivity index (χ0n) is 10.8. The zero-order valence-corrected chi connectivity index (χ0v) is 12.4. The lowest BCUT2D eigenvalue weighted by atomic mass is 10.2. The normalized spacial score (nSPS) is 20.5. The van der Waals surface area contributed by atoms with E-state index in [0.29, 0.717) is 11.4 Å². The summed E-state index contributed by atoms with van der Waals surface area (Å²) in [4.78, 5) is 2.70. The molecular formula is C12H17N3O2S2. The quantitative estimate of drug-likeness (QED) is 0.891. The Balaban J connectivity index is 2.00. The van der Waals surface area contributed by atoms with Crippen LogP contribution in [0.2, 0.25) is 0 Å². The van der Waals surface area contributed by atoms with Gasteiger partial charge in [-0.2, -0.15) is 5.26 Å². The third kappa shape index (κ3) is 3.34. The van der Waals surface area contributed by atoms with E-state index in [1.165, 1.54) is 12.1 Å². The van der Waals surface area contributed by atoms with E-state index in [4.69, 9.17) is 5.26 Å². The molecule has 5 nitrogen and oxygen atoms in total. The van der Waals surface area contributed by atoms with E-state index in [-0.39, 0.29) is 10.3 Å². The highest BCUT2D eigenvalue weighted by Gasteiger charge is 2.25. The maximum absolute atomic E-state index is 12.1. The number of likely N-dealkylation sites (N-methyl/N-ethyl adjacent to an activating group) is 1. The highest BCUT2D eigenvalue weighted by Crippen LogP contribution is 2.21. The summed E-state index contributed by atoms with van der Waals surface area (Å²) in [5, 5.41) is 8.72.